The second-order valence-corrected chi connectivity index (χ2v) is 19.5. The van der Waals surface area contributed by atoms with Gasteiger partial charge in [-0.05, 0) is 44.9 Å². The number of allylic oxidation sites excluding steroid dienone is 4. The van der Waals surface area contributed by atoms with Crippen LogP contribution in [0.25, 0.3) is 0 Å². The molecule has 9 nitrogen and oxygen atoms in total. The second kappa shape index (κ2) is 47.3. The number of carbonyl (C=O) groups excluding carboxylic acids is 3. The summed E-state index contributed by atoms with van der Waals surface area (Å²) in [7, 11) is 5.92. The molecular weight excluding hydrogens is 803 g/mol. The molecule has 0 aromatic rings. The van der Waals surface area contributed by atoms with Gasteiger partial charge < -0.3 is 33.3 Å². The molecule has 0 fully saturated rings. The summed E-state index contributed by atoms with van der Waals surface area (Å²) in [6.07, 6.45) is 50.6. The maximum Gasteiger partial charge on any atom is 0.306 e. The van der Waals surface area contributed by atoms with Crippen LogP contribution in [0.1, 0.15) is 251 Å². The number of carboxylic acid groups (broad SMARTS) is 1. The van der Waals surface area contributed by atoms with Crippen molar-refractivity contribution in [2.75, 3.05) is 47.5 Å². The summed E-state index contributed by atoms with van der Waals surface area (Å²) in [5.41, 5.74) is 0. The van der Waals surface area contributed by atoms with E-state index < -0.39 is 24.3 Å². The van der Waals surface area contributed by atoms with Gasteiger partial charge in [0.05, 0.1) is 40.3 Å². The fraction of sp³-hybridized carbons (Fsp3) is 0.873. The van der Waals surface area contributed by atoms with Gasteiger partial charge in [0.2, 0.25) is 0 Å². The molecule has 2 atom stereocenters. The van der Waals surface area contributed by atoms with Crippen LogP contribution in [0.5, 0.6) is 0 Å². The smallest absolute Gasteiger partial charge is 0.306 e. The van der Waals surface area contributed by atoms with Crippen LogP contribution in [0.4, 0.5) is 0 Å². The van der Waals surface area contributed by atoms with Gasteiger partial charge in [-0.2, -0.15) is 0 Å². The molecule has 0 saturated heterocycles. The van der Waals surface area contributed by atoms with E-state index in [0.717, 1.165) is 51.4 Å². The van der Waals surface area contributed by atoms with Crippen molar-refractivity contribution in [3.63, 3.8) is 0 Å². The second-order valence-electron chi connectivity index (χ2n) is 19.5. The predicted molar refractivity (Wildman–Crippen MR) is 265 cm³/mol. The fourth-order valence-corrected chi connectivity index (χ4v) is 7.74. The maximum atomic E-state index is 12.8. The number of ether oxygens (including phenoxy) is 4. The van der Waals surface area contributed by atoms with E-state index in [0.29, 0.717) is 23.9 Å². The van der Waals surface area contributed by atoms with Crippen molar-refractivity contribution in [3.05, 3.63) is 24.3 Å². The zero-order valence-corrected chi connectivity index (χ0v) is 42.7. The van der Waals surface area contributed by atoms with Crippen LogP contribution in [0.3, 0.4) is 0 Å². The van der Waals surface area contributed by atoms with E-state index in [1.165, 1.54) is 167 Å². The lowest BCUT2D eigenvalue weighted by Crippen LogP contribution is -2.44. The highest BCUT2D eigenvalue weighted by atomic mass is 16.7. The molecule has 64 heavy (non-hydrogen) atoms. The Morgan fingerprint density at radius 2 is 0.844 bits per heavy atom. The number of carbonyl (C=O) groups is 3. The molecule has 9 heteroatoms. The minimum atomic E-state index is -1.62. The average Bonchev–Trinajstić information content (AvgIpc) is 3.26. The van der Waals surface area contributed by atoms with E-state index in [4.69, 9.17) is 18.9 Å². The average molecular weight is 906 g/mol. The van der Waals surface area contributed by atoms with Crippen LogP contribution < -0.4 is 5.11 Å². The molecule has 0 bridgehead atoms. The lowest BCUT2D eigenvalue weighted by atomic mass is 10.0. The highest BCUT2D eigenvalue weighted by molar-refractivity contribution is 5.70. The topological polar surface area (TPSA) is 111 Å². The van der Waals surface area contributed by atoms with Crippen LogP contribution in [0.15, 0.2) is 24.3 Å². The van der Waals surface area contributed by atoms with Gasteiger partial charge in [0, 0.05) is 12.8 Å². The number of carboxylic acids is 1. The van der Waals surface area contributed by atoms with E-state index in [9.17, 15) is 19.5 Å². The molecule has 0 radical (unpaired) electrons. The number of aliphatic carboxylic acids is 1. The number of nitrogens with zero attached hydrogens (tertiary/aromatic N) is 1. The van der Waals surface area contributed by atoms with Crippen LogP contribution in [-0.4, -0.2) is 82.3 Å². The molecule has 376 valence electrons. The Bertz CT molecular complexity index is 1100. The minimum Gasteiger partial charge on any atom is -0.545 e. The Kier molecular flexibility index (Phi) is 45.6. The monoisotopic (exact) mass is 906 g/mol. The summed E-state index contributed by atoms with van der Waals surface area (Å²) in [6.45, 7) is 4.77. The molecule has 0 spiro atoms. The Labute approximate surface area is 395 Å². The van der Waals surface area contributed by atoms with E-state index in [1.54, 1.807) is 0 Å². The van der Waals surface area contributed by atoms with Crippen LogP contribution in [0.2, 0.25) is 0 Å². The summed E-state index contributed by atoms with van der Waals surface area (Å²) in [4.78, 5) is 37.2. The number of hydrogen-bond donors (Lipinski definition) is 0. The van der Waals surface area contributed by atoms with Crippen LogP contribution >= 0.6 is 0 Å². The number of likely N-dealkylation sites (N-methyl/N-ethyl adjacent to an activating group) is 1. The Morgan fingerprint density at radius 1 is 0.469 bits per heavy atom. The van der Waals surface area contributed by atoms with E-state index in [1.807, 2.05) is 21.1 Å². The Hall–Kier alpha value is -2.23. The third-order valence-corrected chi connectivity index (χ3v) is 12.0. The molecule has 0 aromatic heterocycles. The van der Waals surface area contributed by atoms with Gasteiger partial charge in [-0.1, -0.05) is 218 Å². The molecule has 0 amide bonds. The first kappa shape index (κ1) is 61.8. The summed E-state index contributed by atoms with van der Waals surface area (Å²) in [5, 5.41) is 11.7. The molecule has 0 aliphatic heterocycles. The molecule has 0 rings (SSSR count). The van der Waals surface area contributed by atoms with Crippen molar-refractivity contribution in [3.8, 4) is 0 Å². The van der Waals surface area contributed by atoms with E-state index in [2.05, 4.69) is 38.2 Å². The van der Waals surface area contributed by atoms with Gasteiger partial charge in [-0.3, -0.25) is 9.59 Å². The van der Waals surface area contributed by atoms with Gasteiger partial charge in [0.25, 0.3) is 0 Å². The van der Waals surface area contributed by atoms with Crippen molar-refractivity contribution in [1.82, 2.24) is 0 Å². The zero-order valence-electron chi connectivity index (χ0n) is 42.7. The molecule has 0 heterocycles. The van der Waals surface area contributed by atoms with Crippen molar-refractivity contribution in [2.45, 2.75) is 264 Å². The quantitative estimate of drug-likeness (QED) is 0.0195. The number of unbranched alkanes of at least 4 members (excludes halogenated alkanes) is 31. The van der Waals surface area contributed by atoms with Crippen LogP contribution in [0, 0.1) is 0 Å². The zero-order chi connectivity index (χ0) is 47.0. The van der Waals surface area contributed by atoms with Gasteiger partial charge >= 0.3 is 11.9 Å². The largest absolute Gasteiger partial charge is 0.545 e. The van der Waals surface area contributed by atoms with Crippen molar-refractivity contribution in [2.24, 2.45) is 0 Å². The first-order chi connectivity index (χ1) is 31.1. The van der Waals surface area contributed by atoms with Crippen molar-refractivity contribution < 1.29 is 42.9 Å². The summed E-state index contributed by atoms with van der Waals surface area (Å²) >= 11 is 0. The maximum absolute atomic E-state index is 12.8. The molecule has 0 aromatic carbocycles. The predicted octanol–water partition coefficient (Wildman–Crippen LogP) is 13.8. The third kappa shape index (κ3) is 47.7. The van der Waals surface area contributed by atoms with E-state index >= 15 is 0 Å². The van der Waals surface area contributed by atoms with Crippen LogP contribution in [-0.2, 0) is 33.3 Å². The number of rotatable bonds is 50. The summed E-state index contributed by atoms with van der Waals surface area (Å²) in [5.74, 6) is -2.27. The Morgan fingerprint density at radius 3 is 1.23 bits per heavy atom. The Balaban J connectivity index is 4.29. The first-order valence-corrected chi connectivity index (χ1v) is 27.0. The number of esters is 2. The minimum absolute atomic E-state index is 0.149. The standard InChI is InChI=1S/C55H103NO8/c1-6-8-10-12-14-16-18-20-22-24-26-27-28-30-32-34-36-38-40-42-44-46-53(58)64-51(50-63-55(54(59)60)61-48-47-56(3,4)5)49-62-52(57)45-43-41-39-37-35-33-31-29-25-23-21-19-17-15-13-11-9-7-2/h18,20,24,26,51,55H,6-17,19,21-23,25,27-50H2,1-5H3/b20-18-,26-24-. The van der Waals surface area contributed by atoms with Crippen molar-refractivity contribution >= 4 is 17.9 Å². The molecule has 0 N–H and O–H groups in total. The number of hydrogen-bond acceptors (Lipinski definition) is 8. The van der Waals surface area contributed by atoms with Gasteiger partial charge in [0.15, 0.2) is 12.4 Å². The van der Waals surface area contributed by atoms with Gasteiger partial charge in [0.1, 0.15) is 13.2 Å². The van der Waals surface area contributed by atoms with Gasteiger partial charge in [-0.25, -0.2) is 0 Å². The molecule has 0 aliphatic rings. The highest BCUT2D eigenvalue weighted by Gasteiger charge is 2.22. The van der Waals surface area contributed by atoms with E-state index in [-0.39, 0.29) is 32.2 Å². The first-order valence-electron chi connectivity index (χ1n) is 27.0. The molecule has 2 unspecified atom stereocenters. The fourth-order valence-electron chi connectivity index (χ4n) is 7.74. The summed E-state index contributed by atoms with van der Waals surface area (Å²) < 4.78 is 22.7. The lowest BCUT2D eigenvalue weighted by molar-refractivity contribution is -0.870. The highest BCUT2D eigenvalue weighted by Crippen LogP contribution is 2.16. The third-order valence-electron chi connectivity index (χ3n) is 12.0. The lowest BCUT2D eigenvalue weighted by Gasteiger charge is -2.26. The van der Waals surface area contributed by atoms with Gasteiger partial charge in [-0.15, -0.1) is 0 Å². The number of quaternary nitrogens is 1. The normalized spacial score (nSPS) is 13.0. The van der Waals surface area contributed by atoms with Crippen molar-refractivity contribution in [1.29, 1.82) is 0 Å². The summed E-state index contributed by atoms with van der Waals surface area (Å²) in [6, 6.07) is 0. The molecule has 0 aliphatic carbocycles. The SMILES string of the molecule is CCCCCCC/C=C\C/C=C\CCCCCCCCCCCC(=O)OC(COC(=O)CCCCCCCCCCCCCCCCCCCC)COC(OCC[N+](C)(C)C)C(=O)[O-]. The molecule has 0 saturated carbocycles. The molecular formula is C55H103NO8.